The minimum Gasteiger partial charge on any atom is -0.211 e. The largest absolute Gasteiger partial charge is 0.417 e. The van der Waals surface area contributed by atoms with Crippen LogP contribution in [0.3, 0.4) is 0 Å². The van der Waals surface area contributed by atoms with Gasteiger partial charge in [-0.2, -0.15) is 13.2 Å². The summed E-state index contributed by atoms with van der Waals surface area (Å²) in [4.78, 5) is -0.839. The van der Waals surface area contributed by atoms with E-state index >= 15 is 0 Å². The van der Waals surface area contributed by atoms with Crippen LogP contribution in [-0.2, 0) is 16.2 Å². The lowest BCUT2D eigenvalue weighted by molar-refractivity contribution is -0.139. The normalized spacial score (nSPS) is 12.4. The van der Waals surface area contributed by atoms with Crippen LogP contribution in [0.25, 0.3) is 0 Å². The molecule has 0 aliphatic rings. The van der Waals surface area contributed by atoms with Gasteiger partial charge in [0.05, 0.1) is 10.5 Å². The molecule has 0 heterocycles. The predicted molar refractivity (Wildman–Crippen MR) is 66.5 cm³/mol. The average molecular weight is 314 g/mol. The molecule has 1 aromatic carbocycles. The van der Waals surface area contributed by atoms with E-state index < -0.39 is 26.7 Å². The first-order valence-corrected chi connectivity index (χ1v) is 7.02. The molecular formula is C11H11ClF3NO2S. The van der Waals surface area contributed by atoms with Gasteiger partial charge in [0.15, 0.2) is 0 Å². The SMILES string of the molecule is C=CCCNS(=O)(=O)c1ccc(Cl)cc1C(F)(F)F. The van der Waals surface area contributed by atoms with Crippen LogP contribution >= 0.6 is 11.6 Å². The lowest BCUT2D eigenvalue weighted by atomic mass is 10.2. The van der Waals surface area contributed by atoms with E-state index in [1.165, 1.54) is 6.08 Å². The standard InChI is InChI=1S/C11H11ClF3NO2S/c1-2-3-6-16-19(17,18)10-5-4-8(12)7-9(10)11(13,14)15/h2,4-5,7,16H,1,3,6H2. The second-order valence-corrected chi connectivity index (χ2v) is 5.79. The van der Waals surface area contributed by atoms with Crippen molar-refractivity contribution in [1.82, 2.24) is 4.72 Å². The van der Waals surface area contributed by atoms with Crippen molar-refractivity contribution in [3.8, 4) is 0 Å². The summed E-state index contributed by atoms with van der Waals surface area (Å²) >= 11 is 5.47. The zero-order valence-corrected chi connectivity index (χ0v) is 11.2. The summed E-state index contributed by atoms with van der Waals surface area (Å²) in [7, 11) is -4.24. The monoisotopic (exact) mass is 313 g/mol. The van der Waals surface area contributed by atoms with E-state index in [-0.39, 0.29) is 11.6 Å². The van der Waals surface area contributed by atoms with Gasteiger partial charge in [-0.3, -0.25) is 0 Å². The number of hydrogen-bond donors (Lipinski definition) is 1. The molecule has 0 radical (unpaired) electrons. The molecule has 0 atom stereocenters. The number of hydrogen-bond acceptors (Lipinski definition) is 2. The second-order valence-electron chi connectivity index (χ2n) is 3.61. The van der Waals surface area contributed by atoms with E-state index in [1.807, 2.05) is 0 Å². The van der Waals surface area contributed by atoms with Crippen molar-refractivity contribution < 1.29 is 21.6 Å². The van der Waals surface area contributed by atoms with Gasteiger partial charge >= 0.3 is 6.18 Å². The number of halogens is 4. The van der Waals surface area contributed by atoms with Crippen molar-refractivity contribution in [2.75, 3.05) is 6.54 Å². The third-order valence-corrected chi connectivity index (χ3v) is 3.93. The Balaban J connectivity index is 3.23. The summed E-state index contributed by atoms with van der Waals surface area (Å²) < 4.78 is 64.0. The van der Waals surface area contributed by atoms with Crippen LogP contribution in [0.4, 0.5) is 13.2 Å². The number of nitrogens with one attached hydrogen (secondary N) is 1. The van der Waals surface area contributed by atoms with Gasteiger partial charge < -0.3 is 0 Å². The van der Waals surface area contributed by atoms with Crippen LogP contribution in [0.15, 0.2) is 35.7 Å². The van der Waals surface area contributed by atoms with Gasteiger partial charge in [0.2, 0.25) is 10.0 Å². The molecule has 0 spiro atoms. The van der Waals surface area contributed by atoms with Gasteiger partial charge in [0.1, 0.15) is 0 Å². The van der Waals surface area contributed by atoms with E-state index in [9.17, 15) is 21.6 Å². The molecule has 0 aromatic heterocycles. The van der Waals surface area contributed by atoms with Gasteiger partial charge in [-0.25, -0.2) is 13.1 Å². The first-order valence-electron chi connectivity index (χ1n) is 5.16. The topological polar surface area (TPSA) is 46.2 Å². The van der Waals surface area contributed by atoms with E-state index in [0.29, 0.717) is 12.5 Å². The number of sulfonamides is 1. The number of benzene rings is 1. The molecule has 0 amide bonds. The van der Waals surface area contributed by atoms with Crippen molar-refractivity contribution >= 4 is 21.6 Å². The van der Waals surface area contributed by atoms with Gasteiger partial charge in [-0.15, -0.1) is 6.58 Å². The van der Waals surface area contributed by atoms with Crippen molar-refractivity contribution in [3.63, 3.8) is 0 Å². The van der Waals surface area contributed by atoms with Crippen molar-refractivity contribution in [1.29, 1.82) is 0 Å². The highest BCUT2D eigenvalue weighted by Crippen LogP contribution is 2.35. The maximum Gasteiger partial charge on any atom is 0.417 e. The Bertz CT molecular complexity index is 570. The lowest BCUT2D eigenvalue weighted by Gasteiger charge is -2.14. The maximum absolute atomic E-state index is 12.8. The Morgan fingerprint density at radius 2 is 2.00 bits per heavy atom. The molecule has 1 N–H and O–H groups in total. The second kappa shape index (κ2) is 5.94. The molecule has 1 aromatic rings. The Hall–Kier alpha value is -1.05. The molecule has 0 saturated carbocycles. The first-order chi connectivity index (χ1) is 8.68. The molecule has 0 aliphatic carbocycles. The van der Waals surface area contributed by atoms with E-state index in [2.05, 4.69) is 11.3 Å². The minimum atomic E-state index is -4.80. The van der Waals surface area contributed by atoms with Crippen molar-refractivity contribution in [2.24, 2.45) is 0 Å². The fraction of sp³-hybridized carbons (Fsp3) is 0.273. The van der Waals surface area contributed by atoms with Gasteiger partial charge in [-0.1, -0.05) is 17.7 Å². The molecule has 3 nitrogen and oxygen atoms in total. The predicted octanol–water partition coefficient (Wildman–Crippen LogP) is 3.21. The van der Waals surface area contributed by atoms with Crippen LogP contribution in [0.2, 0.25) is 5.02 Å². The summed E-state index contributed by atoms with van der Waals surface area (Å²) in [5, 5.41) is -0.183. The molecule has 0 unspecified atom stereocenters. The van der Waals surface area contributed by atoms with E-state index in [4.69, 9.17) is 11.6 Å². The van der Waals surface area contributed by atoms with Crippen LogP contribution in [-0.4, -0.2) is 15.0 Å². The summed E-state index contributed by atoms with van der Waals surface area (Å²) in [5.41, 5.74) is -1.29. The maximum atomic E-state index is 12.8. The summed E-state index contributed by atoms with van der Waals surface area (Å²) in [6, 6.07) is 2.52. The van der Waals surface area contributed by atoms with Crippen LogP contribution in [0.5, 0.6) is 0 Å². The molecule has 0 aliphatic heterocycles. The van der Waals surface area contributed by atoms with Crippen molar-refractivity contribution in [3.05, 3.63) is 41.4 Å². The quantitative estimate of drug-likeness (QED) is 0.670. The van der Waals surface area contributed by atoms with E-state index in [0.717, 1.165) is 12.1 Å². The van der Waals surface area contributed by atoms with Crippen LogP contribution in [0.1, 0.15) is 12.0 Å². The molecule has 0 bridgehead atoms. The smallest absolute Gasteiger partial charge is 0.211 e. The molecular weight excluding hydrogens is 303 g/mol. The van der Waals surface area contributed by atoms with Gasteiger partial charge in [0.25, 0.3) is 0 Å². The Morgan fingerprint density at radius 3 is 2.53 bits per heavy atom. The minimum absolute atomic E-state index is 0.0221. The third kappa shape index (κ3) is 4.22. The van der Waals surface area contributed by atoms with Gasteiger partial charge in [0, 0.05) is 11.6 Å². The number of alkyl halides is 3. The van der Waals surface area contributed by atoms with Crippen LogP contribution < -0.4 is 4.72 Å². The molecule has 0 fully saturated rings. The zero-order valence-electron chi connectivity index (χ0n) is 9.67. The third-order valence-electron chi connectivity index (χ3n) is 2.18. The van der Waals surface area contributed by atoms with E-state index in [1.54, 1.807) is 0 Å². The fourth-order valence-corrected chi connectivity index (χ4v) is 2.76. The first kappa shape index (κ1) is 16.0. The Morgan fingerprint density at radius 1 is 1.37 bits per heavy atom. The van der Waals surface area contributed by atoms with Crippen molar-refractivity contribution in [2.45, 2.75) is 17.5 Å². The highest BCUT2D eigenvalue weighted by Gasteiger charge is 2.37. The van der Waals surface area contributed by atoms with Gasteiger partial charge in [-0.05, 0) is 24.6 Å². The molecule has 19 heavy (non-hydrogen) atoms. The molecule has 0 saturated heterocycles. The fourth-order valence-electron chi connectivity index (χ4n) is 1.33. The average Bonchev–Trinajstić information content (AvgIpc) is 2.27. The molecule has 1 rings (SSSR count). The Kier molecular flexibility index (Phi) is 5.00. The number of rotatable bonds is 5. The summed E-state index contributed by atoms with van der Waals surface area (Å²) in [6.45, 7) is 3.37. The zero-order chi connectivity index (χ0) is 14.7. The molecule has 106 valence electrons. The highest BCUT2D eigenvalue weighted by molar-refractivity contribution is 7.89. The lowest BCUT2D eigenvalue weighted by Crippen LogP contribution is -2.27. The summed E-state index contributed by atoms with van der Waals surface area (Å²) in [6.07, 6.45) is -3.03. The molecule has 8 heteroatoms. The van der Waals surface area contributed by atoms with Crippen LogP contribution in [0, 0.1) is 0 Å². The Labute approximate surface area is 114 Å². The summed E-state index contributed by atoms with van der Waals surface area (Å²) in [5.74, 6) is 0. The highest BCUT2D eigenvalue weighted by atomic mass is 35.5.